The van der Waals surface area contributed by atoms with Gasteiger partial charge in [0, 0.05) is 30.4 Å². The van der Waals surface area contributed by atoms with Crippen LogP contribution in [0.2, 0.25) is 0 Å². The van der Waals surface area contributed by atoms with Crippen molar-refractivity contribution >= 4 is 34.7 Å². The predicted octanol–water partition coefficient (Wildman–Crippen LogP) is 5.03. The summed E-state index contributed by atoms with van der Waals surface area (Å²) in [6, 6.07) is 10.8. The third kappa shape index (κ3) is 5.58. The quantitative estimate of drug-likeness (QED) is 0.358. The highest BCUT2D eigenvalue weighted by Crippen LogP contribution is 2.34. The van der Waals surface area contributed by atoms with Crippen LogP contribution in [0.25, 0.3) is 22.3 Å². The van der Waals surface area contributed by atoms with E-state index < -0.39 is 5.60 Å². The Balaban J connectivity index is 1.39. The molecular weight excluding hydrogens is 508 g/mol. The van der Waals surface area contributed by atoms with Crippen molar-refractivity contribution in [1.82, 2.24) is 29.6 Å². The van der Waals surface area contributed by atoms with E-state index in [-0.39, 0.29) is 18.0 Å². The fourth-order valence-corrected chi connectivity index (χ4v) is 4.73. The Morgan fingerprint density at radius 3 is 2.55 bits per heavy atom. The highest BCUT2D eigenvalue weighted by molar-refractivity contribution is 6.04. The number of fused-ring (bicyclic) bond motifs is 1. The third-order valence-corrected chi connectivity index (χ3v) is 6.79. The van der Waals surface area contributed by atoms with E-state index in [0.717, 1.165) is 11.1 Å². The molecule has 2 amide bonds. The number of carbonyl (C=O) groups is 2. The molecule has 3 aromatic heterocycles. The maximum Gasteiger partial charge on any atom is 0.410 e. The highest BCUT2D eigenvalue weighted by atomic mass is 16.6. The first-order chi connectivity index (χ1) is 19.0. The number of nitrogens with one attached hydrogen (secondary N) is 1. The first kappa shape index (κ1) is 27.0. The molecule has 1 atom stereocenters. The number of amides is 2. The number of rotatable bonds is 5. The molecule has 40 heavy (non-hydrogen) atoms. The summed E-state index contributed by atoms with van der Waals surface area (Å²) in [6.07, 6.45) is 3.46. The van der Waals surface area contributed by atoms with Crippen LogP contribution in [0.1, 0.15) is 68.9 Å². The van der Waals surface area contributed by atoms with Crippen LogP contribution >= 0.6 is 0 Å². The van der Waals surface area contributed by atoms with Crippen molar-refractivity contribution in [2.24, 2.45) is 0 Å². The molecule has 0 bridgehead atoms. The van der Waals surface area contributed by atoms with E-state index >= 15 is 0 Å². The standard InChI is InChI=1S/C29H34N8O3/c1-17(2)20-10-12-31-22(14-20)34-27(38)19-8-6-18(7-9-19)24-23-25(30)32-16-33-26(23)37(35-24)21-11-13-36(15-21)28(39)40-29(3,4)5/h6-10,12,14,16-17,21H,11,13,15H2,1-5H3,(H2,30,32,33)(H,31,34,38)/t21-/m1/s1. The van der Waals surface area contributed by atoms with Gasteiger partial charge in [0.15, 0.2) is 5.65 Å². The van der Waals surface area contributed by atoms with Crippen molar-refractivity contribution in [3.63, 3.8) is 0 Å². The SMILES string of the molecule is CC(C)c1ccnc(NC(=O)c2ccc(-c3nn([C@@H]4CCN(C(=O)OC(C)(C)C)C4)c4ncnc(N)c34)cc2)c1. The zero-order valence-corrected chi connectivity index (χ0v) is 23.4. The number of benzene rings is 1. The van der Waals surface area contributed by atoms with Gasteiger partial charge in [0.25, 0.3) is 5.91 Å². The number of pyridine rings is 1. The van der Waals surface area contributed by atoms with Crippen LogP contribution in [0.15, 0.2) is 48.9 Å². The lowest BCUT2D eigenvalue weighted by Gasteiger charge is -2.24. The molecule has 4 heterocycles. The summed E-state index contributed by atoms with van der Waals surface area (Å²) in [5.74, 6) is 0.887. The van der Waals surface area contributed by atoms with Crippen LogP contribution in [0.5, 0.6) is 0 Å². The maximum absolute atomic E-state index is 12.9. The van der Waals surface area contributed by atoms with Gasteiger partial charge in [0.1, 0.15) is 29.3 Å². The highest BCUT2D eigenvalue weighted by Gasteiger charge is 2.33. The van der Waals surface area contributed by atoms with Gasteiger partial charge in [-0.05, 0) is 62.9 Å². The molecular formula is C29H34N8O3. The summed E-state index contributed by atoms with van der Waals surface area (Å²) in [4.78, 5) is 40.1. The molecule has 0 unspecified atom stereocenters. The number of carbonyl (C=O) groups excluding carboxylic acids is 2. The molecule has 11 nitrogen and oxygen atoms in total. The van der Waals surface area contributed by atoms with E-state index in [1.54, 1.807) is 23.2 Å². The van der Waals surface area contributed by atoms with Crippen LogP contribution in [-0.2, 0) is 4.74 Å². The smallest absolute Gasteiger partial charge is 0.410 e. The average Bonchev–Trinajstić information content (AvgIpc) is 3.54. The van der Waals surface area contributed by atoms with Gasteiger partial charge in [-0.25, -0.2) is 24.4 Å². The fourth-order valence-electron chi connectivity index (χ4n) is 4.73. The summed E-state index contributed by atoms with van der Waals surface area (Å²) in [7, 11) is 0. The van der Waals surface area contributed by atoms with E-state index in [0.29, 0.717) is 59.4 Å². The van der Waals surface area contributed by atoms with E-state index in [1.807, 2.05) is 49.7 Å². The minimum atomic E-state index is -0.569. The monoisotopic (exact) mass is 542 g/mol. The summed E-state index contributed by atoms with van der Waals surface area (Å²) in [6.45, 7) is 10.7. The number of aromatic nitrogens is 5. The van der Waals surface area contributed by atoms with Crippen LogP contribution in [0, 0.1) is 0 Å². The molecule has 11 heteroatoms. The zero-order valence-electron chi connectivity index (χ0n) is 23.4. The summed E-state index contributed by atoms with van der Waals surface area (Å²) in [5.41, 5.74) is 9.27. The Hall–Kier alpha value is -4.54. The van der Waals surface area contributed by atoms with Crippen LogP contribution in [0.4, 0.5) is 16.4 Å². The lowest BCUT2D eigenvalue weighted by atomic mass is 10.0. The van der Waals surface area contributed by atoms with Crippen molar-refractivity contribution < 1.29 is 14.3 Å². The molecule has 4 aromatic rings. The third-order valence-electron chi connectivity index (χ3n) is 6.79. The Morgan fingerprint density at radius 2 is 1.85 bits per heavy atom. The molecule has 0 aliphatic carbocycles. The molecule has 1 fully saturated rings. The number of nitrogen functional groups attached to an aromatic ring is 1. The van der Waals surface area contributed by atoms with Crippen molar-refractivity contribution in [1.29, 1.82) is 0 Å². The first-order valence-electron chi connectivity index (χ1n) is 13.3. The first-order valence-corrected chi connectivity index (χ1v) is 13.3. The lowest BCUT2D eigenvalue weighted by Crippen LogP contribution is -2.35. The van der Waals surface area contributed by atoms with Crippen LogP contribution in [0.3, 0.4) is 0 Å². The number of hydrogen-bond acceptors (Lipinski definition) is 8. The largest absolute Gasteiger partial charge is 0.444 e. The van der Waals surface area contributed by atoms with Gasteiger partial charge in [0.05, 0.1) is 11.4 Å². The second kappa shape index (κ2) is 10.6. The topological polar surface area (TPSA) is 141 Å². The summed E-state index contributed by atoms with van der Waals surface area (Å²) < 4.78 is 7.37. The van der Waals surface area contributed by atoms with E-state index in [9.17, 15) is 9.59 Å². The number of anilines is 2. The molecule has 0 spiro atoms. The fraction of sp³-hybridized carbons (Fsp3) is 0.379. The van der Waals surface area contributed by atoms with Gasteiger partial charge < -0.3 is 20.7 Å². The minimum Gasteiger partial charge on any atom is -0.444 e. The summed E-state index contributed by atoms with van der Waals surface area (Å²) >= 11 is 0. The van der Waals surface area contributed by atoms with Crippen molar-refractivity contribution in [2.75, 3.05) is 24.1 Å². The normalized spacial score (nSPS) is 15.6. The van der Waals surface area contributed by atoms with E-state index in [4.69, 9.17) is 15.6 Å². The van der Waals surface area contributed by atoms with Crippen molar-refractivity contribution in [2.45, 2.75) is 58.6 Å². The molecule has 0 saturated carbocycles. The maximum atomic E-state index is 12.9. The van der Waals surface area contributed by atoms with E-state index in [1.165, 1.54) is 6.33 Å². The number of hydrogen-bond donors (Lipinski definition) is 2. The van der Waals surface area contributed by atoms with Crippen molar-refractivity contribution in [3.8, 4) is 11.3 Å². The number of ether oxygens (including phenoxy) is 1. The molecule has 1 saturated heterocycles. The number of likely N-dealkylation sites (tertiary alicyclic amines) is 1. The Bertz CT molecular complexity index is 1560. The molecule has 1 aromatic carbocycles. The van der Waals surface area contributed by atoms with Gasteiger partial charge in [0.2, 0.25) is 0 Å². The van der Waals surface area contributed by atoms with Crippen LogP contribution in [-0.4, -0.2) is 60.3 Å². The predicted molar refractivity (Wildman–Crippen MR) is 153 cm³/mol. The van der Waals surface area contributed by atoms with Crippen molar-refractivity contribution in [3.05, 3.63) is 60.0 Å². The molecule has 3 N–H and O–H groups in total. The summed E-state index contributed by atoms with van der Waals surface area (Å²) in [5, 5.41) is 8.38. The lowest BCUT2D eigenvalue weighted by molar-refractivity contribution is 0.0288. The van der Waals surface area contributed by atoms with Gasteiger partial charge in [-0.2, -0.15) is 5.10 Å². The molecule has 1 aliphatic heterocycles. The van der Waals surface area contributed by atoms with Crippen LogP contribution < -0.4 is 11.1 Å². The van der Waals surface area contributed by atoms with Gasteiger partial charge >= 0.3 is 6.09 Å². The van der Waals surface area contributed by atoms with Gasteiger partial charge in [-0.15, -0.1) is 0 Å². The molecule has 208 valence electrons. The van der Waals surface area contributed by atoms with Gasteiger partial charge in [-0.3, -0.25) is 4.79 Å². The number of nitrogens with zero attached hydrogens (tertiary/aromatic N) is 6. The Morgan fingerprint density at radius 1 is 1.10 bits per heavy atom. The Kier molecular flexibility index (Phi) is 7.14. The minimum absolute atomic E-state index is 0.0998. The zero-order chi connectivity index (χ0) is 28.6. The van der Waals surface area contributed by atoms with Gasteiger partial charge in [-0.1, -0.05) is 26.0 Å². The second-order valence-corrected chi connectivity index (χ2v) is 11.3. The molecule has 1 aliphatic rings. The molecule has 0 radical (unpaired) electrons. The Labute approximate surface area is 232 Å². The number of nitrogens with two attached hydrogens (primary N) is 1. The average molecular weight is 543 g/mol. The van der Waals surface area contributed by atoms with E-state index in [2.05, 4.69) is 34.1 Å². The second-order valence-electron chi connectivity index (χ2n) is 11.3. The molecule has 5 rings (SSSR count).